The van der Waals surface area contributed by atoms with Crippen LogP contribution in [0.5, 0.6) is 0 Å². The molecular formula is C15H22N6O2. The first-order valence-corrected chi connectivity index (χ1v) is 7.82. The summed E-state index contributed by atoms with van der Waals surface area (Å²) in [6.07, 6.45) is 7.17. The third-order valence-electron chi connectivity index (χ3n) is 3.45. The van der Waals surface area contributed by atoms with Crippen LogP contribution in [0, 0.1) is 0 Å². The summed E-state index contributed by atoms with van der Waals surface area (Å²) in [5.74, 6) is 0.213. The Kier molecular flexibility index (Phi) is 6.02. The van der Waals surface area contributed by atoms with Crippen molar-refractivity contribution in [3.63, 3.8) is 0 Å². The highest BCUT2D eigenvalue weighted by atomic mass is 16.2. The smallest absolute Gasteiger partial charge is 0.267 e. The summed E-state index contributed by atoms with van der Waals surface area (Å²) in [5, 5.41) is 11.0. The monoisotopic (exact) mass is 318 g/mol. The van der Waals surface area contributed by atoms with Crippen molar-refractivity contribution >= 4 is 5.91 Å². The second-order valence-corrected chi connectivity index (χ2v) is 5.49. The van der Waals surface area contributed by atoms with Gasteiger partial charge in [-0.15, -0.1) is 5.10 Å². The van der Waals surface area contributed by atoms with Crippen molar-refractivity contribution in [3.8, 4) is 5.82 Å². The van der Waals surface area contributed by atoms with Gasteiger partial charge in [0.1, 0.15) is 19.2 Å². The van der Waals surface area contributed by atoms with Crippen molar-refractivity contribution < 1.29 is 4.79 Å². The summed E-state index contributed by atoms with van der Waals surface area (Å²) in [7, 11) is 0. The van der Waals surface area contributed by atoms with Crippen molar-refractivity contribution in [3.05, 3.63) is 35.1 Å². The molecule has 0 aromatic carbocycles. The Bertz CT molecular complexity index is 680. The molecule has 0 fully saturated rings. The fourth-order valence-electron chi connectivity index (χ4n) is 2.23. The van der Waals surface area contributed by atoms with Crippen molar-refractivity contribution in [2.24, 2.45) is 0 Å². The zero-order valence-corrected chi connectivity index (χ0v) is 13.5. The van der Waals surface area contributed by atoms with Gasteiger partial charge in [-0.25, -0.2) is 14.3 Å². The number of aromatic nitrogens is 5. The van der Waals surface area contributed by atoms with E-state index in [4.69, 9.17) is 0 Å². The van der Waals surface area contributed by atoms with Crippen LogP contribution in [0.4, 0.5) is 0 Å². The molecule has 0 saturated carbocycles. The number of carbonyl (C=O) groups excluding carboxylic acids is 1. The van der Waals surface area contributed by atoms with E-state index >= 15 is 0 Å². The summed E-state index contributed by atoms with van der Waals surface area (Å²) < 4.78 is 2.56. The summed E-state index contributed by atoms with van der Waals surface area (Å²) >= 11 is 0. The minimum atomic E-state index is -0.331. The molecule has 8 heteroatoms. The number of hydrogen-bond donors (Lipinski definition) is 1. The predicted molar refractivity (Wildman–Crippen MR) is 85.2 cm³/mol. The van der Waals surface area contributed by atoms with E-state index in [2.05, 4.69) is 27.4 Å². The molecule has 0 bridgehead atoms. The maximum atomic E-state index is 12.1. The predicted octanol–water partition coefficient (Wildman–Crippen LogP) is 0.909. The molecule has 1 amide bonds. The van der Waals surface area contributed by atoms with Crippen molar-refractivity contribution in [1.29, 1.82) is 0 Å². The van der Waals surface area contributed by atoms with E-state index in [0.29, 0.717) is 5.82 Å². The van der Waals surface area contributed by atoms with Gasteiger partial charge in [0.25, 0.3) is 5.56 Å². The van der Waals surface area contributed by atoms with E-state index in [1.807, 2.05) is 6.92 Å². The fraction of sp³-hybridized carbons (Fsp3) is 0.533. The van der Waals surface area contributed by atoms with Crippen LogP contribution in [-0.2, 0) is 11.3 Å². The zero-order valence-electron chi connectivity index (χ0n) is 13.5. The van der Waals surface area contributed by atoms with Crippen LogP contribution in [-0.4, -0.2) is 36.5 Å². The topological polar surface area (TPSA) is 94.7 Å². The molecule has 1 N–H and O–H groups in total. The lowest BCUT2D eigenvalue weighted by Gasteiger charge is -2.14. The number of unbranched alkanes of at least 4 members (excludes halogenated alkanes) is 2. The Morgan fingerprint density at radius 2 is 2.17 bits per heavy atom. The highest BCUT2D eigenvalue weighted by Gasteiger charge is 2.10. The molecule has 2 heterocycles. The highest BCUT2D eigenvalue weighted by Crippen LogP contribution is 2.03. The lowest BCUT2D eigenvalue weighted by atomic mass is 10.1. The van der Waals surface area contributed by atoms with Crippen LogP contribution < -0.4 is 10.9 Å². The molecule has 23 heavy (non-hydrogen) atoms. The molecule has 2 aromatic heterocycles. The first-order valence-electron chi connectivity index (χ1n) is 7.82. The quantitative estimate of drug-likeness (QED) is 0.730. The molecule has 8 nitrogen and oxygen atoms in total. The maximum absolute atomic E-state index is 12.1. The fourth-order valence-corrected chi connectivity index (χ4v) is 2.23. The second kappa shape index (κ2) is 8.21. The molecule has 2 rings (SSSR count). The van der Waals surface area contributed by atoms with E-state index in [1.165, 1.54) is 23.4 Å². The third kappa shape index (κ3) is 5.01. The molecule has 0 aliphatic carbocycles. The second-order valence-electron chi connectivity index (χ2n) is 5.49. The normalized spacial score (nSPS) is 12.1. The average Bonchev–Trinajstić information content (AvgIpc) is 3.04. The SMILES string of the molecule is CCCCC[C@@H](C)NC(=O)Cn1nc(-n2cncn2)ccc1=O. The van der Waals surface area contributed by atoms with Gasteiger partial charge in [0, 0.05) is 12.1 Å². The van der Waals surface area contributed by atoms with E-state index in [0.717, 1.165) is 30.4 Å². The van der Waals surface area contributed by atoms with Gasteiger partial charge >= 0.3 is 0 Å². The third-order valence-corrected chi connectivity index (χ3v) is 3.45. The molecule has 0 aliphatic heterocycles. The molecule has 2 aromatic rings. The van der Waals surface area contributed by atoms with Gasteiger partial charge in [0.2, 0.25) is 5.91 Å². The molecule has 0 radical (unpaired) electrons. The number of nitrogens with zero attached hydrogens (tertiary/aromatic N) is 5. The Balaban J connectivity index is 1.98. The van der Waals surface area contributed by atoms with Crippen molar-refractivity contribution in [2.75, 3.05) is 0 Å². The first-order chi connectivity index (χ1) is 11.1. The zero-order chi connectivity index (χ0) is 16.7. The van der Waals surface area contributed by atoms with Crippen LogP contribution in [0.3, 0.4) is 0 Å². The molecule has 0 saturated heterocycles. The molecule has 0 spiro atoms. The summed E-state index contributed by atoms with van der Waals surface area (Å²) in [4.78, 5) is 27.7. The number of rotatable bonds is 8. The Hall–Kier alpha value is -2.51. The van der Waals surface area contributed by atoms with Gasteiger partial charge in [0.05, 0.1) is 0 Å². The van der Waals surface area contributed by atoms with E-state index in [1.54, 1.807) is 6.07 Å². The van der Waals surface area contributed by atoms with Crippen molar-refractivity contribution in [2.45, 2.75) is 52.1 Å². The average molecular weight is 318 g/mol. The standard InChI is InChI=1S/C15H22N6O2/c1-3-4-5-6-12(2)18-14(22)9-20-15(23)8-7-13(19-20)21-11-16-10-17-21/h7-8,10-12H,3-6,9H2,1-2H3,(H,18,22)/t12-/m1/s1. The molecule has 0 unspecified atom stereocenters. The van der Waals surface area contributed by atoms with E-state index in [9.17, 15) is 9.59 Å². The van der Waals surface area contributed by atoms with Crippen LogP contribution in [0.2, 0.25) is 0 Å². The van der Waals surface area contributed by atoms with Crippen LogP contribution in [0.15, 0.2) is 29.6 Å². The lowest BCUT2D eigenvalue weighted by molar-refractivity contribution is -0.122. The minimum absolute atomic E-state index is 0.0863. The lowest BCUT2D eigenvalue weighted by Crippen LogP contribution is -2.38. The van der Waals surface area contributed by atoms with Crippen LogP contribution >= 0.6 is 0 Å². The van der Waals surface area contributed by atoms with Gasteiger partial charge in [0.15, 0.2) is 5.82 Å². The van der Waals surface area contributed by atoms with Crippen LogP contribution in [0.25, 0.3) is 5.82 Å². The minimum Gasteiger partial charge on any atom is -0.352 e. The number of nitrogens with one attached hydrogen (secondary N) is 1. The van der Waals surface area contributed by atoms with Crippen molar-refractivity contribution in [1.82, 2.24) is 29.9 Å². The van der Waals surface area contributed by atoms with E-state index < -0.39 is 0 Å². The summed E-state index contributed by atoms with van der Waals surface area (Å²) in [5.41, 5.74) is -0.331. The van der Waals surface area contributed by atoms with Gasteiger partial charge in [-0.2, -0.15) is 5.10 Å². The summed E-state index contributed by atoms with van der Waals surface area (Å²) in [6.45, 7) is 4.00. The maximum Gasteiger partial charge on any atom is 0.267 e. The largest absolute Gasteiger partial charge is 0.352 e. The number of hydrogen-bond acceptors (Lipinski definition) is 5. The number of carbonyl (C=O) groups is 1. The van der Waals surface area contributed by atoms with Gasteiger partial charge in [-0.3, -0.25) is 9.59 Å². The van der Waals surface area contributed by atoms with Gasteiger partial charge in [-0.05, 0) is 19.4 Å². The van der Waals surface area contributed by atoms with Gasteiger partial charge < -0.3 is 5.32 Å². The highest BCUT2D eigenvalue weighted by molar-refractivity contribution is 5.75. The molecular weight excluding hydrogens is 296 g/mol. The van der Waals surface area contributed by atoms with Crippen LogP contribution in [0.1, 0.15) is 39.5 Å². The Morgan fingerprint density at radius 1 is 1.35 bits per heavy atom. The summed E-state index contributed by atoms with van der Waals surface area (Å²) in [6, 6.07) is 2.99. The number of amides is 1. The molecule has 124 valence electrons. The van der Waals surface area contributed by atoms with Gasteiger partial charge in [-0.1, -0.05) is 26.2 Å². The molecule has 1 atom stereocenters. The Morgan fingerprint density at radius 3 is 2.87 bits per heavy atom. The molecule has 0 aliphatic rings. The van der Waals surface area contributed by atoms with E-state index in [-0.39, 0.29) is 24.1 Å². The first kappa shape index (κ1) is 16.9. The Labute approximate surface area is 134 Å².